The Bertz CT molecular complexity index is 1200. The third kappa shape index (κ3) is 9.61. The molecule has 1 N–H and O–H groups in total. The van der Waals surface area contributed by atoms with E-state index in [4.69, 9.17) is 21.1 Å². The van der Waals surface area contributed by atoms with Gasteiger partial charge in [-0.25, -0.2) is 8.42 Å². The summed E-state index contributed by atoms with van der Waals surface area (Å²) in [6.07, 6.45) is 1.85. The molecule has 2 rings (SSSR count). The average molecular weight is 582 g/mol. The van der Waals surface area contributed by atoms with Gasteiger partial charge in [-0.15, -0.1) is 0 Å². The average Bonchev–Trinajstić information content (AvgIpc) is 2.89. The summed E-state index contributed by atoms with van der Waals surface area (Å²) in [7, 11) is -0.587. The van der Waals surface area contributed by atoms with Gasteiger partial charge in [-0.1, -0.05) is 44.5 Å². The van der Waals surface area contributed by atoms with Crippen LogP contribution in [0.15, 0.2) is 42.5 Å². The molecule has 1 atom stereocenters. The Kier molecular flexibility index (Phi) is 12.4. The molecule has 0 aliphatic heterocycles. The van der Waals surface area contributed by atoms with Crippen LogP contribution in [0.4, 0.5) is 5.69 Å². The van der Waals surface area contributed by atoms with Crippen LogP contribution in [0.5, 0.6) is 11.5 Å². The summed E-state index contributed by atoms with van der Waals surface area (Å²) in [5.74, 6) is 0.945. The first kappa shape index (κ1) is 32.2. The lowest BCUT2D eigenvalue weighted by Gasteiger charge is -2.31. The first-order chi connectivity index (χ1) is 18.4. The van der Waals surface area contributed by atoms with Crippen LogP contribution in [-0.4, -0.2) is 64.7 Å². The molecule has 0 saturated heterocycles. The van der Waals surface area contributed by atoms with Gasteiger partial charge in [0.2, 0.25) is 21.8 Å². The monoisotopic (exact) mass is 581 g/mol. The number of rotatable bonds is 15. The number of halogens is 1. The van der Waals surface area contributed by atoms with Crippen molar-refractivity contribution < 1.29 is 27.5 Å². The van der Waals surface area contributed by atoms with Crippen LogP contribution in [0.1, 0.15) is 45.6 Å². The van der Waals surface area contributed by atoms with Crippen molar-refractivity contribution in [1.82, 2.24) is 10.2 Å². The third-order valence-corrected chi connectivity index (χ3v) is 7.65. The molecule has 216 valence electrons. The van der Waals surface area contributed by atoms with Crippen LogP contribution in [0.3, 0.4) is 0 Å². The Hall–Kier alpha value is -2.98. The summed E-state index contributed by atoms with van der Waals surface area (Å²) in [6.45, 7) is 6.69. The van der Waals surface area contributed by atoms with Crippen LogP contribution in [0.25, 0.3) is 0 Å². The number of sulfonamides is 1. The van der Waals surface area contributed by atoms with Crippen molar-refractivity contribution in [1.29, 1.82) is 0 Å². The van der Waals surface area contributed by atoms with Crippen LogP contribution in [-0.2, 0) is 26.2 Å². The molecular weight excluding hydrogens is 542 g/mol. The van der Waals surface area contributed by atoms with Crippen molar-refractivity contribution in [3.63, 3.8) is 0 Å². The molecule has 0 bridgehead atoms. The van der Waals surface area contributed by atoms with Crippen molar-refractivity contribution >= 4 is 39.1 Å². The van der Waals surface area contributed by atoms with E-state index >= 15 is 0 Å². The smallest absolute Gasteiger partial charge is 0.242 e. The fraction of sp³-hybridized carbons (Fsp3) is 0.500. The Morgan fingerprint density at radius 3 is 2.23 bits per heavy atom. The van der Waals surface area contributed by atoms with E-state index in [0.29, 0.717) is 30.2 Å². The number of carbonyl (C=O) groups is 2. The van der Waals surface area contributed by atoms with Crippen molar-refractivity contribution in [2.45, 2.75) is 52.6 Å². The van der Waals surface area contributed by atoms with Gasteiger partial charge in [0, 0.05) is 26.1 Å². The zero-order chi connectivity index (χ0) is 29.2. The first-order valence-corrected chi connectivity index (χ1v) is 15.1. The van der Waals surface area contributed by atoms with Crippen molar-refractivity contribution in [2.24, 2.45) is 5.92 Å². The molecule has 39 heavy (non-hydrogen) atoms. The molecule has 0 fully saturated rings. The van der Waals surface area contributed by atoms with Crippen LogP contribution in [0.2, 0.25) is 5.02 Å². The van der Waals surface area contributed by atoms with E-state index in [1.54, 1.807) is 24.1 Å². The molecule has 2 aromatic rings. The van der Waals surface area contributed by atoms with E-state index in [-0.39, 0.29) is 48.7 Å². The van der Waals surface area contributed by atoms with Gasteiger partial charge in [0.1, 0.15) is 17.5 Å². The fourth-order valence-corrected chi connectivity index (χ4v) is 5.29. The lowest BCUT2D eigenvalue weighted by Crippen LogP contribution is -2.49. The SMILES string of the molecule is CC[C@@H](C(=O)NCC(C)C)N(Cc1ccc(OC)cc1)C(=O)CCCN(c1ccc(OC)c(Cl)c1)S(C)(=O)=O. The minimum atomic E-state index is -3.64. The third-order valence-electron chi connectivity index (χ3n) is 6.16. The quantitative estimate of drug-likeness (QED) is 0.332. The maximum Gasteiger partial charge on any atom is 0.242 e. The zero-order valence-corrected chi connectivity index (χ0v) is 25.1. The van der Waals surface area contributed by atoms with E-state index in [9.17, 15) is 18.0 Å². The van der Waals surface area contributed by atoms with Crippen molar-refractivity contribution in [3.8, 4) is 11.5 Å². The number of hydrogen-bond acceptors (Lipinski definition) is 6. The molecule has 0 aliphatic rings. The standard InChI is InChI=1S/C28H40ClN3O6S/c1-7-25(28(34)30-18-20(2)3)31(19-21-10-13-23(37-4)14-11-21)27(33)9-8-16-32(39(6,35)36)22-12-15-26(38-5)24(29)17-22/h10-15,17,20,25H,7-9,16,18-19H2,1-6H3,(H,30,34)/t25-/m0/s1. The number of ether oxygens (including phenoxy) is 2. The van der Waals surface area contributed by atoms with Crippen molar-refractivity contribution in [3.05, 3.63) is 53.1 Å². The van der Waals surface area contributed by atoms with Crippen LogP contribution >= 0.6 is 11.6 Å². The fourth-order valence-electron chi connectivity index (χ4n) is 4.08. The Balaban J connectivity index is 2.23. The Morgan fingerprint density at radius 2 is 1.72 bits per heavy atom. The molecule has 0 spiro atoms. The number of benzene rings is 2. The maximum absolute atomic E-state index is 13.5. The van der Waals surface area contributed by atoms with Gasteiger partial charge in [-0.05, 0) is 54.7 Å². The predicted molar refractivity (Wildman–Crippen MR) is 155 cm³/mol. The van der Waals surface area contributed by atoms with Crippen molar-refractivity contribution in [2.75, 3.05) is 37.9 Å². The molecule has 9 nitrogen and oxygen atoms in total. The molecule has 0 saturated carbocycles. The van der Waals surface area contributed by atoms with Gasteiger partial charge >= 0.3 is 0 Å². The number of methoxy groups -OCH3 is 2. The normalized spacial score (nSPS) is 12.1. The second-order valence-electron chi connectivity index (χ2n) is 9.69. The topological polar surface area (TPSA) is 105 Å². The number of anilines is 1. The first-order valence-electron chi connectivity index (χ1n) is 12.9. The van der Waals surface area contributed by atoms with Gasteiger partial charge in [-0.2, -0.15) is 0 Å². The molecule has 0 aromatic heterocycles. The highest BCUT2D eigenvalue weighted by Crippen LogP contribution is 2.30. The minimum absolute atomic E-state index is 0.0556. The molecular formula is C28H40ClN3O6S. The Labute approximate surface area is 237 Å². The molecule has 2 aromatic carbocycles. The van der Waals surface area contributed by atoms with Crippen LogP contribution in [0, 0.1) is 5.92 Å². The largest absolute Gasteiger partial charge is 0.497 e. The highest BCUT2D eigenvalue weighted by atomic mass is 35.5. The molecule has 0 radical (unpaired) electrons. The van der Waals surface area contributed by atoms with E-state index in [0.717, 1.165) is 11.8 Å². The van der Waals surface area contributed by atoms with Crippen LogP contribution < -0.4 is 19.1 Å². The lowest BCUT2D eigenvalue weighted by atomic mass is 10.1. The minimum Gasteiger partial charge on any atom is -0.497 e. The molecule has 11 heteroatoms. The number of hydrogen-bond donors (Lipinski definition) is 1. The highest BCUT2D eigenvalue weighted by molar-refractivity contribution is 7.92. The maximum atomic E-state index is 13.5. The van der Waals surface area contributed by atoms with Gasteiger partial charge in [0.15, 0.2) is 0 Å². The number of nitrogens with one attached hydrogen (secondary N) is 1. The second kappa shape index (κ2) is 15.0. The summed E-state index contributed by atoms with van der Waals surface area (Å²) in [5, 5.41) is 3.22. The summed E-state index contributed by atoms with van der Waals surface area (Å²) >= 11 is 6.22. The zero-order valence-electron chi connectivity index (χ0n) is 23.6. The number of nitrogens with zero attached hydrogens (tertiary/aromatic N) is 2. The van der Waals surface area contributed by atoms with E-state index < -0.39 is 16.1 Å². The summed E-state index contributed by atoms with van der Waals surface area (Å²) in [4.78, 5) is 28.2. The second-order valence-corrected chi connectivity index (χ2v) is 12.0. The van der Waals surface area contributed by atoms with E-state index in [1.165, 1.54) is 17.5 Å². The number of amides is 2. The molecule has 0 heterocycles. The van der Waals surface area contributed by atoms with Gasteiger partial charge < -0.3 is 19.7 Å². The Morgan fingerprint density at radius 1 is 1.05 bits per heavy atom. The lowest BCUT2D eigenvalue weighted by molar-refractivity contribution is -0.141. The van der Waals surface area contributed by atoms with E-state index in [2.05, 4.69) is 5.32 Å². The summed E-state index contributed by atoms with van der Waals surface area (Å²) < 4.78 is 36.7. The molecule has 2 amide bonds. The summed E-state index contributed by atoms with van der Waals surface area (Å²) in [6, 6.07) is 11.4. The van der Waals surface area contributed by atoms with Gasteiger partial charge in [-0.3, -0.25) is 13.9 Å². The predicted octanol–water partition coefficient (Wildman–Crippen LogP) is 4.48. The highest BCUT2D eigenvalue weighted by Gasteiger charge is 2.29. The van der Waals surface area contributed by atoms with Gasteiger partial charge in [0.25, 0.3) is 0 Å². The molecule has 0 aliphatic carbocycles. The molecule has 0 unspecified atom stereocenters. The summed E-state index contributed by atoms with van der Waals surface area (Å²) in [5.41, 5.74) is 1.23. The van der Waals surface area contributed by atoms with E-state index in [1.807, 2.05) is 45.0 Å². The number of carbonyl (C=O) groups excluding carboxylic acids is 2. The van der Waals surface area contributed by atoms with Gasteiger partial charge in [0.05, 0.1) is 31.2 Å².